The standard InChI is InChI=1S/C14H20N2O3/c1-16(10-14(18)7-3-4-8-14)13(17)11-6-5-9-15-12(11)19-2/h5-6,9,18H,3-4,7-8,10H2,1-2H3. The molecule has 5 heteroatoms. The second kappa shape index (κ2) is 5.57. The van der Waals surface area contributed by atoms with Crippen molar-refractivity contribution in [3.63, 3.8) is 0 Å². The zero-order chi connectivity index (χ0) is 13.9. The number of carbonyl (C=O) groups is 1. The fraction of sp³-hybridized carbons (Fsp3) is 0.571. The van der Waals surface area contributed by atoms with Gasteiger partial charge in [-0.05, 0) is 25.0 Å². The van der Waals surface area contributed by atoms with Gasteiger partial charge in [-0.25, -0.2) is 4.98 Å². The van der Waals surface area contributed by atoms with Gasteiger partial charge in [-0.2, -0.15) is 0 Å². The van der Waals surface area contributed by atoms with Crippen molar-refractivity contribution >= 4 is 5.91 Å². The van der Waals surface area contributed by atoms with Gasteiger partial charge >= 0.3 is 0 Å². The van der Waals surface area contributed by atoms with Gasteiger partial charge in [0, 0.05) is 19.8 Å². The third-order valence-corrected chi connectivity index (χ3v) is 3.61. The summed E-state index contributed by atoms with van der Waals surface area (Å²) < 4.78 is 5.09. The van der Waals surface area contributed by atoms with Crippen LogP contribution in [-0.2, 0) is 0 Å². The molecule has 0 atom stereocenters. The summed E-state index contributed by atoms with van der Waals surface area (Å²) in [7, 11) is 3.19. The molecular formula is C14H20N2O3. The van der Waals surface area contributed by atoms with Crippen LogP contribution in [-0.4, -0.2) is 47.2 Å². The van der Waals surface area contributed by atoms with Crippen LogP contribution in [0.3, 0.4) is 0 Å². The van der Waals surface area contributed by atoms with E-state index in [1.165, 1.54) is 7.11 Å². The summed E-state index contributed by atoms with van der Waals surface area (Å²) in [6.07, 6.45) is 5.15. The van der Waals surface area contributed by atoms with Crippen LogP contribution < -0.4 is 4.74 Å². The monoisotopic (exact) mass is 264 g/mol. The highest BCUT2D eigenvalue weighted by molar-refractivity contribution is 5.96. The number of rotatable bonds is 4. The Kier molecular flexibility index (Phi) is 4.04. The number of nitrogens with zero attached hydrogens (tertiary/aromatic N) is 2. The topological polar surface area (TPSA) is 62.7 Å². The van der Waals surface area contributed by atoms with E-state index in [4.69, 9.17) is 4.74 Å². The zero-order valence-electron chi connectivity index (χ0n) is 11.4. The Morgan fingerprint density at radius 2 is 2.21 bits per heavy atom. The molecule has 2 rings (SSSR count). The second-order valence-electron chi connectivity index (χ2n) is 5.15. The Bertz CT molecular complexity index is 456. The van der Waals surface area contributed by atoms with Crippen molar-refractivity contribution in [3.8, 4) is 5.88 Å². The van der Waals surface area contributed by atoms with Crippen LogP contribution in [0, 0.1) is 0 Å². The van der Waals surface area contributed by atoms with Crippen LogP contribution in [0.2, 0.25) is 0 Å². The number of ether oxygens (including phenoxy) is 1. The fourth-order valence-corrected chi connectivity index (χ4v) is 2.63. The molecule has 0 unspecified atom stereocenters. The van der Waals surface area contributed by atoms with Crippen molar-refractivity contribution in [3.05, 3.63) is 23.9 Å². The number of hydrogen-bond acceptors (Lipinski definition) is 4. The molecule has 1 aliphatic carbocycles. The number of carbonyl (C=O) groups excluding carboxylic acids is 1. The number of hydrogen-bond donors (Lipinski definition) is 1. The maximum atomic E-state index is 12.3. The van der Waals surface area contributed by atoms with E-state index in [0.717, 1.165) is 25.7 Å². The predicted molar refractivity (Wildman–Crippen MR) is 71.2 cm³/mol. The Morgan fingerprint density at radius 1 is 1.53 bits per heavy atom. The van der Waals surface area contributed by atoms with Gasteiger partial charge in [-0.1, -0.05) is 12.8 Å². The summed E-state index contributed by atoms with van der Waals surface area (Å²) in [5.41, 5.74) is -0.311. The number of likely N-dealkylation sites (N-methyl/N-ethyl adjacent to an activating group) is 1. The maximum absolute atomic E-state index is 12.3. The Balaban J connectivity index is 2.10. The van der Waals surface area contributed by atoms with Crippen molar-refractivity contribution in [2.24, 2.45) is 0 Å². The Morgan fingerprint density at radius 3 is 2.84 bits per heavy atom. The van der Waals surface area contributed by atoms with Crippen LogP contribution in [0.5, 0.6) is 5.88 Å². The summed E-state index contributed by atoms with van der Waals surface area (Å²) in [5, 5.41) is 10.3. The molecule has 1 aromatic heterocycles. The van der Waals surface area contributed by atoms with Crippen LogP contribution in [0.25, 0.3) is 0 Å². The molecule has 19 heavy (non-hydrogen) atoms. The molecule has 5 nitrogen and oxygen atoms in total. The summed E-state index contributed by atoms with van der Waals surface area (Å²) in [4.78, 5) is 17.9. The zero-order valence-corrected chi connectivity index (χ0v) is 11.4. The van der Waals surface area contributed by atoms with Crippen molar-refractivity contribution in [1.29, 1.82) is 0 Å². The lowest BCUT2D eigenvalue weighted by Crippen LogP contribution is -2.42. The van der Waals surface area contributed by atoms with Gasteiger partial charge in [0.15, 0.2) is 0 Å². The van der Waals surface area contributed by atoms with Gasteiger partial charge in [-0.3, -0.25) is 4.79 Å². The van der Waals surface area contributed by atoms with Gasteiger partial charge in [0.2, 0.25) is 5.88 Å². The second-order valence-corrected chi connectivity index (χ2v) is 5.15. The summed E-state index contributed by atoms with van der Waals surface area (Å²) in [5.74, 6) is 0.142. The molecule has 0 aliphatic heterocycles. The molecule has 0 spiro atoms. The first-order valence-corrected chi connectivity index (χ1v) is 6.52. The predicted octanol–water partition coefficient (Wildman–Crippen LogP) is 1.47. The molecule has 0 bridgehead atoms. The molecule has 0 aromatic carbocycles. The van der Waals surface area contributed by atoms with E-state index in [2.05, 4.69) is 4.98 Å². The lowest BCUT2D eigenvalue weighted by molar-refractivity contribution is 0.0155. The molecule has 1 heterocycles. The molecule has 0 radical (unpaired) electrons. The quantitative estimate of drug-likeness (QED) is 0.894. The van der Waals surface area contributed by atoms with Gasteiger partial charge in [0.1, 0.15) is 5.56 Å². The Labute approximate surface area is 113 Å². The van der Waals surface area contributed by atoms with E-state index in [1.54, 1.807) is 30.3 Å². The third-order valence-electron chi connectivity index (χ3n) is 3.61. The minimum atomic E-state index is -0.736. The highest BCUT2D eigenvalue weighted by Crippen LogP contribution is 2.30. The smallest absolute Gasteiger partial charge is 0.259 e. The number of pyridine rings is 1. The minimum absolute atomic E-state index is 0.176. The molecular weight excluding hydrogens is 244 g/mol. The molecule has 1 aromatic rings. The molecule has 104 valence electrons. The van der Waals surface area contributed by atoms with E-state index < -0.39 is 5.60 Å². The first-order chi connectivity index (χ1) is 9.06. The largest absolute Gasteiger partial charge is 0.480 e. The van der Waals surface area contributed by atoms with Crippen molar-refractivity contribution in [2.45, 2.75) is 31.3 Å². The van der Waals surface area contributed by atoms with Gasteiger partial charge in [-0.15, -0.1) is 0 Å². The van der Waals surface area contributed by atoms with Crippen molar-refractivity contribution < 1.29 is 14.6 Å². The van der Waals surface area contributed by atoms with E-state index in [9.17, 15) is 9.90 Å². The maximum Gasteiger partial charge on any atom is 0.259 e. The fourth-order valence-electron chi connectivity index (χ4n) is 2.63. The summed E-state index contributed by atoms with van der Waals surface area (Å²) >= 11 is 0. The summed E-state index contributed by atoms with van der Waals surface area (Å²) in [6.45, 7) is 0.351. The van der Waals surface area contributed by atoms with Crippen LogP contribution >= 0.6 is 0 Å². The average molecular weight is 264 g/mol. The van der Waals surface area contributed by atoms with Gasteiger partial charge in [0.25, 0.3) is 5.91 Å². The average Bonchev–Trinajstić information content (AvgIpc) is 2.84. The number of aromatic nitrogens is 1. The molecule has 1 aliphatic rings. The van der Waals surface area contributed by atoms with Gasteiger partial charge < -0.3 is 14.7 Å². The number of amides is 1. The molecule has 1 fully saturated rings. The van der Waals surface area contributed by atoms with E-state index in [0.29, 0.717) is 18.0 Å². The summed E-state index contributed by atoms with van der Waals surface area (Å²) in [6, 6.07) is 3.39. The van der Waals surface area contributed by atoms with E-state index in [-0.39, 0.29) is 5.91 Å². The molecule has 1 saturated carbocycles. The minimum Gasteiger partial charge on any atom is -0.480 e. The number of aliphatic hydroxyl groups is 1. The highest BCUT2D eigenvalue weighted by Gasteiger charge is 2.34. The van der Waals surface area contributed by atoms with E-state index in [1.807, 2.05) is 0 Å². The van der Waals surface area contributed by atoms with Crippen molar-refractivity contribution in [1.82, 2.24) is 9.88 Å². The van der Waals surface area contributed by atoms with Crippen LogP contribution in [0.1, 0.15) is 36.0 Å². The van der Waals surface area contributed by atoms with Crippen LogP contribution in [0.4, 0.5) is 0 Å². The highest BCUT2D eigenvalue weighted by atomic mass is 16.5. The normalized spacial score (nSPS) is 17.2. The Hall–Kier alpha value is -1.62. The SMILES string of the molecule is COc1ncccc1C(=O)N(C)CC1(O)CCCC1. The van der Waals surface area contributed by atoms with Gasteiger partial charge in [0.05, 0.1) is 12.7 Å². The van der Waals surface area contributed by atoms with Crippen LogP contribution in [0.15, 0.2) is 18.3 Å². The first kappa shape index (κ1) is 13.8. The molecule has 1 N–H and O–H groups in total. The lowest BCUT2D eigenvalue weighted by atomic mass is 10.0. The first-order valence-electron chi connectivity index (χ1n) is 6.52. The van der Waals surface area contributed by atoms with E-state index >= 15 is 0 Å². The van der Waals surface area contributed by atoms with Crippen molar-refractivity contribution in [2.75, 3.05) is 20.7 Å². The third kappa shape index (κ3) is 3.04. The number of methoxy groups -OCH3 is 1. The molecule has 0 saturated heterocycles. The molecule has 1 amide bonds. The lowest BCUT2D eigenvalue weighted by Gasteiger charge is -2.28.